The molecule has 2 rings (SSSR count). The largest absolute Gasteiger partial charge is 0.371 e. The first kappa shape index (κ1) is 14.9. The first-order valence-electron chi connectivity index (χ1n) is 6.92. The Hall–Kier alpha value is -1.49. The second-order valence-corrected chi connectivity index (χ2v) is 5.15. The summed E-state index contributed by atoms with van der Waals surface area (Å²) < 4.78 is 32.1. The molecule has 1 atom stereocenters. The van der Waals surface area contributed by atoms with Crippen molar-refractivity contribution in [3.05, 3.63) is 35.4 Å². The molecular formula is C15H19F2NO2. The monoisotopic (exact) mass is 283 g/mol. The van der Waals surface area contributed by atoms with Gasteiger partial charge < -0.3 is 10.1 Å². The van der Waals surface area contributed by atoms with E-state index in [0.717, 1.165) is 31.0 Å². The molecule has 1 aromatic carbocycles. The van der Waals surface area contributed by atoms with Crippen LogP contribution in [0.3, 0.4) is 0 Å². The van der Waals surface area contributed by atoms with Gasteiger partial charge in [-0.25, -0.2) is 8.78 Å². The lowest BCUT2D eigenvalue weighted by Gasteiger charge is -2.18. The summed E-state index contributed by atoms with van der Waals surface area (Å²) in [6, 6.07) is 2.71. The molecule has 1 aromatic rings. The molecule has 1 amide bonds. The lowest BCUT2D eigenvalue weighted by atomic mass is 10.0. The van der Waals surface area contributed by atoms with E-state index in [4.69, 9.17) is 4.74 Å². The predicted octanol–water partition coefficient (Wildman–Crippen LogP) is 2.96. The van der Waals surface area contributed by atoms with Crippen LogP contribution in [0, 0.1) is 17.6 Å². The number of hydrogen-bond donors (Lipinski definition) is 1. The zero-order valence-corrected chi connectivity index (χ0v) is 11.5. The van der Waals surface area contributed by atoms with Crippen molar-refractivity contribution in [2.24, 2.45) is 5.92 Å². The maximum absolute atomic E-state index is 13.7. The normalized spacial score (nSPS) is 15.9. The molecule has 0 bridgehead atoms. The number of nitrogens with one attached hydrogen (secondary N) is 1. The zero-order valence-electron chi connectivity index (χ0n) is 11.5. The number of amides is 1. The van der Waals surface area contributed by atoms with E-state index in [2.05, 4.69) is 5.32 Å². The van der Waals surface area contributed by atoms with Gasteiger partial charge in [-0.3, -0.25) is 4.79 Å². The number of halogens is 2. The Kier molecular flexibility index (Phi) is 5.06. The minimum absolute atomic E-state index is 0.0378. The molecule has 0 saturated heterocycles. The molecule has 0 spiro atoms. The topological polar surface area (TPSA) is 38.3 Å². The van der Waals surface area contributed by atoms with E-state index in [1.807, 2.05) is 0 Å². The molecule has 1 N–H and O–H groups in total. The van der Waals surface area contributed by atoms with Gasteiger partial charge in [-0.05, 0) is 43.4 Å². The summed E-state index contributed by atoms with van der Waals surface area (Å²) in [5.41, 5.74) is 0.169. The first-order chi connectivity index (χ1) is 9.60. The van der Waals surface area contributed by atoms with Crippen LogP contribution < -0.4 is 5.32 Å². The summed E-state index contributed by atoms with van der Waals surface area (Å²) in [7, 11) is 0. The van der Waals surface area contributed by atoms with E-state index in [1.54, 1.807) is 6.92 Å². The fourth-order valence-electron chi connectivity index (χ4n) is 2.02. The van der Waals surface area contributed by atoms with Gasteiger partial charge in [0.05, 0.1) is 12.6 Å². The van der Waals surface area contributed by atoms with Crippen LogP contribution in [0.2, 0.25) is 0 Å². The van der Waals surface area contributed by atoms with Gasteiger partial charge in [0.15, 0.2) is 0 Å². The maximum Gasteiger partial charge on any atom is 0.246 e. The van der Waals surface area contributed by atoms with Gasteiger partial charge in [0.2, 0.25) is 5.91 Å². The summed E-state index contributed by atoms with van der Waals surface area (Å²) in [5, 5.41) is 2.67. The molecule has 0 unspecified atom stereocenters. The molecule has 0 aliphatic heterocycles. The highest BCUT2D eigenvalue weighted by Crippen LogP contribution is 2.28. The lowest BCUT2D eigenvalue weighted by molar-refractivity contribution is -0.126. The van der Waals surface area contributed by atoms with Gasteiger partial charge in [0.25, 0.3) is 0 Å². The molecule has 1 fully saturated rings. The zero-order chi connectivity index (χ0) is 14.5. The van der Waals surface area contributed by atoms with E-state index < -0.39 is 17.7 Å². The Bertz CT molecular complexity index is 475. The lowest BCUT2D eigenvalue weighted by Crippen LogP contribution is -2.32. The Labute approximate surface area is 117 Å². The van der Waals surface area contributed by atoms with Crippen molar-refractivity contribution in [1.29, 1.82) is 0 Å². The van der Waals surface area contributed by atoms with E-state index in [9.17, 15) is 13.6 Å². The van der Waals surface area contributed by atoms with Crippen LogP contribution in [-0.2, 0) is 9.53 Å². The van der Waals surface area contributed by atoms with Crippen molar-refractivity contribution in [2.45, 2.75) is 32.2 Å². The third-order valence-electron chi connectivity index (χ3n) is 3.36. The van der Waals surface area contributed by atoms with Crippen LogP contribution in [0.4, 0.5) is 8.78 Å². The maximum atomic E-state index is 13.7. The van der Waals surface area contributed by atoms with Crippen LogP contribution in [0.1, 0.15) is 37.8 Å². The first-order valence-corrected chi connectivity index (χ1v) is 6.92. The third kappa shape index (κ3) is 4.27. The van der Waals surface area contributed by atoms with Gasteiger partial charge in [-0.1, -0.05) is 6.92 Å². The number of hydrogen-bond acceptors (Lipinski definition) is 2. The fourth-order valence-corrected chi connectivity index (χ4v) is 2.02. The van der Waals surface area contributed by atoms with Crippen LogP contribution >= 0.6 is 0 Å². The van der Waals surface area contributed by atoms with Crippen molar-refractivity contribution >= 4 is 5.91 Å². The molecule has 1 aliphatic carbocycles. The van der Waals surface area contributed by atoms with E-state index >= 15 is 0 Å². The quantitative estimate of drug-likeness (QED) is 0.835. The molecule has 0 heterocycles. The fraction of sp³-hybridized carbons (Fsp3) is 0.533. The minimum Gasteiger partial charge on any atom is -0.371 e. The highest BCUT2D eigenvalue weighted by Gasteiger charge is 2.22. The van der Waals surface area contributed by atoms with Gasteiger partial charge in [0.1, 0.15) is 18.2 Å². The van der Waals surface area contributed by atoms with E-state index in [0.29, 0.717) is 18.9 Å². The molecule has 0 aromatic heterocycles. The van der Waals surface area contributed by atoms with Gasteiger partial charge >= 0.3 is 0 Å². The average molecular weight is 283 g/mol. The van der Waals surface area contributed by atoms with Gasteiger partial charge in [0, 0.05) is 5.56 Å². The molecule has 1 aliphatic rings. The Morgan fingerprint density at radius 1 is 1.45 bits per heavy atom. The summed E-state index contributed by atoms with van der Waals surface area (Å²) >= 11 is 0. The minimum atomic E-state index is -0.539. The Morgan fingerprint density at radius 2 is 2.20 bits per heavy atom. The standard InChI is InChI=1S/C15H19F2NO2/c1-2-14(12-7-11(16)5-6-13(12)17)18-15(19)9-20-8-10-3-4-10/h5-7,10,14H,2-4,8-9H2,1H3,(H,18,19)/t14-/m0/s1. The Morgan fingerprint density at radius 3 is 2.85 bits per heavy atom. The second kappa shape index (κ2) is 6.79. The third-order valence-corrected chi connectivity index (χ3v) is 3.36. The average Bonchev–Trinajstić information content (AvgIpc) is 3.23. The molecule has 0 radical (unpaired) electrons. The molecule has 110 valence electrons. The summed E-state index contributed by atoms with van der Waals surface area (Å²) in [6.45, 7) is 2.36. The van der Waals surface area contributed by atoms with Crippen LogP contribution in [0.15, 0.2) is 18.2 Å². The molecule has 3 nitrogen and oxygen atoms in total. The molecule has 5 heteroatoms. The SMILES string of the molecule is CC[C@H](NC(=O)COCC1CC1)c1cc(F)ccc1F. The highest BCUT2D eigenvalue weighted by atomic mass is 19.1. The summed E-state index contributed by atoms with van der Waals surface area (Å²) in [6.07, 6.45) is 2.80. The number of carbonyl (C=O) groups excluding carboxylic acids is 1. The van der Waals surface area contributed by atoms with Crippen molar-refractivity contribution < 1.29 is 18.3 Å². The van der Waals surface area contributed by atoms with Gasteiger partial charge in [-0.15, -0.1) is 0 Å². The van der Waals surface area contributed by atoms with E-state index in [1.165, 1.54) is 0 Å². The van der Waals surface area contributed by atoms with Crippen LogP contribution in [-0.4, -0.2) is 19.1 Å². The summed E-state index contributed by atoms with van der Waals surface area (Å²) in [4.78, 5) is 11.7. The summed E-state index contributed by atoms with van der Waals surface area (Å²) in [5.74, 6) is -0.747. The number of carbonyl (C=O) groups is 1. The van der Waals surface area contributed by atoms with Gasteiger partial charge in [-0.2, -0.15) is 0 Å². The number of rotatable bonds is 7. The molecule has 20 heavy (non-hydrogen) atoms. The Balaban J connectivity index is 1.89. The second-order valence-electron chi connectivity index (χ2n) is 5.15. The number of benzene rings is 1. The highest BCUT2D eigenvalue weighted by molar-refractivity contribution is 5.77. The molecule has 1 saturated carbocycles. The van der Waals surface area contributed by atoms with E-state index in [-0.39, 0.29) is 18.1 Å². The van der Waals surface area contributed by atoms with Crippen molar-refractivity contribution in [1.82, 2.24) is 5.32 Å². The number of ether oxygens (including phenoxy) is 1. The predicted molar refractivity (Wildman–Crippen MR) is 71.1 cm³/mol. The molecular weight excluding hydrogens is 264 g/mol. The van der Waals surface area contributed by atoms with Crippen molar-refractivity contribution in [3.8, 4) is 0 Å². The smallest absolute Gasteiger partial charge is 0.246 e. The van der Waals surface area contributed by atoms with Crippen LogP contribution in [0.25, 0.3) is 0 Å². The van der Waals surface area contributed by atoms with Crippen LogP contribution in [0.5, 0.6) is 0 Å². The van der Waals surface area contributed by atoms with Crippen molar-refractivity contribution in [3.63, 3.8) is 0 Å². The van der Waals surface area contributed by atoms with Crippen molar-refractivity contribution in [2.75, 3.05) is 13.2 Å².